The summed E-state index contributed by atoms with van der Waals surface area (Å²) in [4.78, 5) is 2.49. The highest BCUT2D eigenvalue weighted by Gasteiger charge is 2.50. The molecule has 1 spiro atoms. The molecule has 13 rings (SSSR count). The molecule has 0 fully saturated rings. The van der Waals surface area contributed by atoms with Crippen LogP contribution in [0, 0.1) is 0 Å². The van der Waals surface area contributed by atoms with E-state index in [9.17, 15) is 0 Å². The molecule has 1 aromatic heterocycles. The minimum absolute atomic E-state index is 0.0644. The molecule has 9 aromatic carbocycles. The van der Waals surface area contributed by atoms with E-state index in [0.29, 0.717) is 0 Å². The van der Waals surface area contributed by atoms with Crippen molar-refractivity contribution >= 4 is 49.6 Å². The average molecular weight is 739 g/mol. The van der Waals surface area contributed by atoms with Crippen LogP contribution in [-0.4, -0.2) is 4.57 Å². The van der Waals surface area contributed by atoms with E-state index in [2.05, 4.69) is 217 Å². The predicted molar refractivity (Wildman–Crippen MR) is 241 cm³/mol. The van der Waals surface area contributed by atoms with Gasteiger partial charge in [0, 0.05) is 38.9 Å². The molecule has 3 aliphatic carbocycles. The summed E-state index contributed by atoms with van der Waals surface area (Å²) >= 11 is 0. The summed E-state index contributed by atoms with van der Waals surface area (Å²) in [6.45, 7) is 4.72. The maximum Gasteiger partial charge on any atom is 0.0727 e. The highest BCUT2D eigenvalue weighted by molar-refractivity contribution is 6.27. The van der Waals surface area contributed by atoms with Gasteiger partial charge in [-0.1, -0.05) is 147 Å². The molecule has 0 radical (unpaired) electrons. The van der Waals surface area contributed by atoms with Crippen LogP contribution in [0.4, 0.5) is 17.1 Å². The van der Waals surface area contributed by atoms with Crippen molar-refractivity contribution in [2.75, 3.05) is 4.90 Å². The minimum Gasteiger partial charge on any atom is -0.310 e. The van der Waals surface area contributed by atoms with E-state index in [1.165, 1.54) is 93.9 Å². The van der Waals surface area contributed by atoms with E-state index in [1.807, 2.05) is 0 Å². The number of hydrogen-bond donors (Lipinski definition) is 0. The van der Waals surface area contributed by atoms with Gasteiger partial charge in [0.15, 0.2) is 0 Å². The predicted octanol–water partition coefficient (Wildman–Crippen LogP) is 14.4. The topological polar surface area (TPSA) is 8.17 Å². The Balaban J connectivity index is 1.17. The number of fused-ring (bicyclic) bond motifs is 10. The maximum atomic E-state index is 2.54. The molecular formula is C56H38N2. The third kappa shape index (κ3) is 3.88. The number of anilines is 3. The first kappa shape index (κ1) is 32.0. The second-order valence-corrected chi connectivity index (χ2v) is 16.8. The second-order valence-electron chi connectivity index (χ2n) is 16.8. The fraction of sp³-hybridized carbons (Fsp3) is 0.0714. The molecule has 272 valence electrons. The molecule has 0 amide bonds. The van der Waals surface area contributed by atoms with Crippen LogP contribution in [0.15, 0.2) is 194 Å². The van der Waals surface area contributed by atoms with E-state index in [4.69, 9.17) is 0 Å². The Kier molecular flexibility index (Phi) is 6.20. The van der Waals surface area contributed by atoms with Gasteiger partial charge in [-0.3, -0.25) is 0 Å². The van der Waals surface area contributed by atoms with Gasteiger partial charge in [-0.15, -0.1) is 0 Å². The molecule has 0 aliphatic heterocycles. The molecule has 0 N–H and O–H groups in total. The van der Waals surface area contributed by atoms with Gasteiger partial charge in [-0.2, -0.15) is 0 Å². The Morgan fingerprint density at radius 1 is 0.362 bits per heavy atom. The van der Waals surface area contributed by atoms with Crippen LogP contribution in [0.1, 0.15) is 47.2 Å². The zero-order valence-corrected chi connectivity index (χ0v) is 32.4. The summed E-state index contributed by atoms with van der Waals surface area (Å²) in [6.07, 6.45) is 0. The van der Waals surface area contributed by atoms with Crippen molar-refractivity contribution in [3.8, 4) is 27.9 Å². The van der Waals surface area contributed by atoms with Crippen molar-refractivity contribution in [2.45, 2.75) is 24.7 Å². The van der Waals surface area contributed by atoms with Gasteiger partial charge < -0.3 is 9.47 Å². The Bertz CT molecular complexity index is 3320. The lowest BCUT2D eigenvalue weighted by molar-refractivity contribution is 0.660. The fourth-order valence-corrected chi connectivity index (χ4v) is 11.4. The van der Waals surface area contributed by atoms with E-state index < -0.39 is 5.41 Å². The number of hydrogen-bond acceptors (Lipinski definition) is 1. The van der Waals surface area contributed by atoms with Crippen LogP contribution >= 0.6 is 0 Å². The Morgan fingerprint density at radius 2 is 0.948 bits per heavy atom. The number of benzene rings is 9. The number of para-hydroxylation sites is 2. The van der Waals surface area contributed by atoms with Crippen molar-refractivity contribution in [3.63, 3.8) is 0 Å². The Morgan fingerprint density at radius 3 is 1.67 bits per heavy atom. The molecule has 1 heterocycles. The van der Waals surface area contributed by atoms with Crippen molar-refractivity contribution in [1.82, 2.24) is 4.57 Å². The van der Waals surface area contributed by atoms with Crippen LogP contribution in [0.5, 0.6) is 0 Å². The van der Waals surface area contributed by atoms with Gasteiger partial charge in [-0.25, -0.2) is 0 Å². The standard InChI is InChI=1S/C56H38N2/c1-55(2)44-23-12-9-22-42(44)43-33-38(29-30-45(43)55)57(36-16-5-3-6-17-36)39-32-35-28-31-51-54-52(35)49(34-39)56(46-24-13-10-20-40(46)41-21-11-14-25-47(41)56)48-26-15-27-50(53(48)54)58(51)37-18-7-4-8-19-37/h3-34H,1-2H3. The highest BCUT2D eigenvalue weighted by Crippen LogP contribution is 2.63. The molecule has 2 nitrogen and oxygen atoms in total. The van der Waals surface area contributed by atoms with Gasteiger partial charge in [0.2, 0.25) is 0 Å². The van der Waals surface area contributed by atoms with E-state index in [0.717, 1.165) is 17.1 Å². The highest BCUT2D eigenvalue weighted by atomic mass is 15.1. The summed E-state index contributed by atoms with van der Waals surface area (Å²) < 4.78 is 2.48. The normalized spacial score (nSPS) is 14.7. The largest absolute Gasteiger partial charge is 0.310 e. The second kappa shape index (κ2) is 11.2. The summed E-state index contributed by atoms with van der Waals surface area (Å²) in [7, 11) is 0. The van der Waals surface area contributed by atoms with Crippen molar-refractivity contribution in [1.29, 1.82) is 0 Å². The summed E-state index contributed by atoms with van der Waals surface area (Å²) in [6, 6.07) is 73.0. The third-order valence-corrected chi connectivity index (χ3v) is 13.7. The minimum atomic E-state index is -0.533. The summed E-state index contributed by atoms with van der Waals surface area (Å²) in [5.41, 5.74) is 19.9. The first-order chi connectivity index (χ1) is 28.5. The van der Waals surface area contributed by atoms with Crippen LogP contribution in [-0.2, 0) is 10.8 Å². The summed E-state index contributed by atoms with van der Waals surface area (Å²) in [5, 5.41) is 5.27. The van der Waals surface area contributed by atoms with Crippen LogP contribution < -0.4 is 4.90 Å². The molecule has 0 atom stereocenters. The van der Waals surface area contributed by atoms with Crippen LogP contribution in [0.25, 0.3) is 60.5 Å². The van der Waals surface area contributed by atoms with Gasteiger partial charge in [-0.05, 0) is 127 Å². The van der Waals surface area contributed by atoms with Gasteiger partial charge in [0.05, 0.1) is 16.4 Å². The van der Waals surface area contributed by atoms with Gasteiger partial charge in [0.25, 0.3) is 0 Å². The molecular weight excluding hydrogens is 701 g/mol. The molecule has 0 saturated heterocycles. The average Bonchev–Trinajstić information content (AvgIpc) is 3.85. The SMILES string of the molecule is CC1(C)c2ccccc2-c2cc(N(c3ccccc3)c3cc4c5c(ccc6c5c5c(cccc5n6-c5ccccc5)C45c4ccccc4-c4ccccc45)c3)ccc21. The van der Waals surface area contributed by atoms with Crippen molar-refractivity contribution in [2.24, 2.45) is 0 Å². The van der Waals surface area contributed by atoms with Crippen LogP contribution in [0.2, 0.25) is 0 Å². The zero-order valence-electron chi connectivity index (χ0n) is 32.4. The molecule has 3 aliphatic rings. The molecule has 0 saturated carbocycles. The third-order valence-electron chi connectivity index (χ3n) is 13.7. The Hall–Kier alpha value is -7.16. The lowest BCUT2D eigenvalue weighted by Gasteiger charge is -2.39. The fourth-order valence-electron chi connectivity index (χ4n) is 11.4. The maximum absolute atomic E-state index is 2.54. The van der Waals surface area contributed by atoms with E-state index >= 15 is 0 Å². The molecule has 0 unspecified atom stereocenters. The molecule has 2 heteroatoms. The molecule has 0 bridgehead atoms. The van der Waals surface area contributed by atoms with Gasteiger partial charge in [0.1, 0.15) is 0 Å². The number of rotatable bonds is 4. The lowest BCUT2D eigenvalue weighted by Crippen LogP contribution is -2.31. The summed E-state index contributed by atoms with van der Waals surface area (Å²) in [5.74, 6) is 0. The van der Waals surface area contributed by atoms with E-state index in [1.54, 1.807) is 0 Å². The number of nitrogens with zero attached hydrogens (tertiary/aromatic N) is 2. The van der Waals surface area contributed by atoms with E-state index in [-0.39, 0.29) is 5.41 Å². The monoisotopic (exact) mass is 738 g/mol. The quantitative estimate of drug-likeness (QED) is 0.175. The van der Waals surface area contributed by atoms with Crippen LogP contribution in [0.3, 0.4) is 0 Å². The zero-order chi connectivity index (χ0) is 38.3. The first-order valence-electron chi connectivity index (χ1n) is 20.4. The van der Waals surface area contributed by atoms with Gasteiger partial charge >= 0.3 is 0 Å². The molecule has 10 aromatic rings. The Labute approximate surface area is 337 Å². The van der Waals surface area contributed by atoms with Crippen molar-refractivity contribution in [3.05, 3.63) is 228 Å². The smallest absolute Gasteiger partial charge is 0.0727 e. The number of aromatic nitrogens is 1. The first-order valence-corrected chi connectivity index (χ1v) is 20.4. The lowest BCUT2D eigenvalue weighted by atomic mass is 9.63. The molecule has 58 heavy (non-hydrogen) atoms. The van der Waals surface area contributed by atoms with Crippen molar-refractivity contribution < 1.29 is 0 Å².